The maximum absolute atomic E-state index is 12.9. The average molecular weight is 394 g/mol. The fourth-order valence-electron chi connectivity index (χ4n) is 3.99. The topological polar surface area (TPSA) is 54.0 Å². The van der Waals surface area contributed by atoms with Crippen LogP contribution in [0.5, 0.6) is 0 Å². The van der Waals surface area contributed by atoms with Crippen LogP contribution in [0.1, 0.15) is 36.4 Å². The Morgan fingerprint density at radius 1 is 1.08 bits per heavy atom. The second-order valence-electron chi connectivity index (χ2n) is 7.01. The summed E-state index contributed by atoms with van der Waals surface area (Å²) < 4.78 is 0. The van der Waals surface area contributed by atoms with Crippen molar-refractivity contribution in [1.29, 1.82) is 0 Å². The number of carbonyl (C=O) groups excluding carboxylic acids is 1. The molecule has 2 aromatic rings. The van der Waals surface area contributed by atoms with Gasteiger partial charge in [0.25, 0.3) is 0 Å². The van der Waals surface area contributed by atoms with E-state index >= 15 is 0 Å². The second kappa shape index (κ2) is 8.85. The first-order valence-corrected chi connectivity index (χ1v) is 8.74. The van der Waals surface area contributed by atoms with E-state index in [2.05, 4.69) is 27.8 Å². The van der Waals surface area contributed by atoms with Crippen LogP contribution in [0.3, 0.4) is 0 Å². The monoisotopic (exact) mass is 393 g/mol. The van der Waals surface area contributed by atoms with E-state index < -0.39 is 0 Å². The number of benzene rings is 1. The highest BCUT2D eigenvalue weighted by Gasteiger charge is 2.57. The molecule has 1 aromatic carbocycles. The van der Waals surface area contributed by atoms with E-state index in [1.54, 1.807) is 6.20 Å². The summed E-state index contributed by atoms with van der Waals surface area (Å²) in [5, 5.41) is 6.68. The molecule has 1 aliphatic heterocycles. The fourth-order valence-corrected chi connectivity index (χ4v) is 3.99. The molecule has 1 aliphatic carbocycles. The van der Waals surface area contributed by atoms with Gasteiger partial charge in [0.2, 0.25) is 5.91 Å². The summed E-state index contributed by atoms with van der Waals surface area (Å²) in [7, 11) is 0. The van der Waals surface area contributed by atoms with Crippen molar-refractivity contribution in [2.24, 2.45) is 11.3 Å². The normalized spacial score (nSPS) is 21.0. The smallest absolute Gasteiger partial charge is 0.224 e. The molecule has 1 amide bonds. The number of halogens is 2. The van der Waals surface area contributed by atoms with E-state index in [1.807, 2.05) is 36.5 Å². The Balaban J connectivity index is 0.00000121. The molecule has 2 atom stereocenters. The van der Waals surface area contributed by atoms with E-state index in [0.29, 0.717) is 0 Å². The molecule has 2 N–H and O–H groups in total. The number of aromatic nitrogens is 1. The number of carbonyl (C=O) groups is 1. The van der Waals surface area contributed by atoms with Gasteiger partial charge in [-0.3, -0.25) is 9.78 Å². The van der Waals surface area contributed by atoms with Crippen LogP contribution >= 0.6 is 24.8 Å². The summed E-state index contributed by atoms with van der Waals surface area (Å²) in [5.74, 6) is 0.358. The van der Waals surface area contributed by atoms with Crippen molar-refractivity contribution < 1.29 is 4.79 Å². The maximum Gasteiger partial charge on any atom is 0.224 e. The standard InChI is InChI=1S/C20H23N3O.2ClH/c24-19(17-13-20(17)8-11-21-12-9-20)23-18(15-5-2-1-3-6-15)16-7-4-10-22-14-16;;/h1-7,10,14,17-18,21H,8-9,11-13H2,(H,23,24);2*1H. The van der Waals surface area contributed by atoms with Crippen LogP contribution in [0, 0.1) is 11.3 Å². The van der Waals surface area contributed by atoms with Crippen molar-refractivity contribution in [2.45, 2.75) is 25.3 Å². The predicted octanol–water partition coefficient (Wildman–Crippen LogP) is 3.52. The largest absolute Gasteiger partial charge is 0.345 e. The van der Waals surface area contributed by atoms with E-state index in [0.717, 1.165) is 43.5 Å². The fraction of sp³-hybridized carbons (Fsp3) is 0.400. The van der Waals surface area contributed by atoms with E-state index in [9.17, 15) is 4.79 Å². The van der Waals surface area contributed by atoms with Crippen molar-refractivity contribution in [3.63, 3.8) is 0 Å². The molecule has 6 heteroatoms. The van der Waals surface area contributed by atoms with Crippen LogP contribution in [0.15, 0.2) is 54.9 Å². The van der Waals surface area contributed by atoms with Gasteiger partial charge in [-0.05, 0) is 55.0 Å². The number of nitrogens with one attached hydrogen (secondary N) is 2. The van der Waals surface area contributed by atoms with Crippen LogP contribution in [-0.2, 0) is 4.79 Å². The lowest BCUT2D eigenvalue weighted by molar-refractivity contribution is -0.123. The molecule has 140 valence electrons. The van der Waals surface area contributed by atoms with Crippen LogP contribution in [0.4, 0.5) is 0 Å². The first kappa shape index (κ1) is 20.7. The summed E-state index contributed by atoms with van der Waals surface area (Å²) in [6, 6.07) is 14.0. The Bertz CT molecular complexity index is 666. The van der Waals surface area contributed by atoms with Crippen molar-refractivity contribution in [3.8, 4) is 0 Å². The molecule has 0 radical (unpaired) electrons. The zero-order chi connectivity index (χ0) is 16.4. The minimum atomic E-state index is -0.133. The summed E-state index contributed by atoms with van der Waals surface area (Å²) in [6.45, 7) is 2.07. The molecule has 2 aliphatic rings. The predicted molar refractivity (Wildman–Crippen MR) is 108 cm³/mol. The van der Waals surface area contributed by atoms with E-state index in [4.69, 9.17) is 0 Å². The molecule has 0 bridgehead atoms. The first-order valence-electron chi connectivity index (χ1n) is 8.74. The van der Waals surface area contributed by atoms with Gasteiger partial charge in [-0.2, -0.15) is 0 Å². The first-order chi connectivity index (χ1) is 11.8. The lowest BCUT2D eigenvalue weighted by atomic mass is 9.91. The third kappa shape index (κ3) is 4.20. The highest BCUT2D eigenvalue weighted by atomic mass is 35.5. The molecule has 1 saturated heterocycles. The molecule has 4 nitrogen and oxygen atoms in total. The SMILES string of the molecule is Cl.Cl.O=C(NC(c1ccccc1)c1cccnc1)C1CC12CCNCC2. The molecule has 4 rings (SSSR count). The average Bonchev–Trinajstić information content (AvgIpc) is 3.34. The number of rotatable bonds is 4. The van der Waals surface area contributed by atoms with Gasteiger partial charge in [0.1, 0.15) is 0 Å². The third-order valence-corrected chi connectivity index (χ3v) is 5.54. The van der Waals surface area contributed by atoms with Crippen LogP contribution in [0.25, 0.3) is 0 Å². The molecule has 2 heterocycles. The van der Waals surface area contributed by atoms with Crippen LogP contribution in [-0.4, -0.2) is 24.0 Å². The van der Waals surface area contributed by atoms with Crippen molar-refractivity contribution in [2.75, 3.05) is 13.1 Å². The lowest BCUT2D eigenvalue weighted by Gasteiger charge is -2.24. The Morgan fingerprint density at radius 3 is 2.42 bits per heavy atom. The summed E-state index contributed by atoms with van der Waals surface area (Å²) in [4.78, 5) is 17.1. The van der Waals surface area contributed by atoms with Gasteiger partial charge in [0, 0.05) is 18.3 Å². The third-order valence-electron chi connectivity index (χ3n) is 5.54. The molecular formula is C20H25Cl2N3O. The number of amides is 1. The number of hydrogen-bond acceptors (Lipinski definition) is 3. The minimum Gasteiger partial charge on any atom is -0.345 e. The minimum absolute atomic E-state index is 0. The van der Waals surface area contributed by atoms with Gasteiger partial charge >= 0.3 is 0 Å². The van der Waals surface area contributed by atoms with Gasteiger partial charge in [-0.1, -0.05) is 36.4 Å². The van der Waals surface area contributed by atoms with Crippen LogP contribution < -0.4 is 10.6 Å². The van der Waals surface area contributed by atoms with E-state index in [1.165, 1.54) is 0 Å². The zero-order valence-electron chi connectivity index (χ0n) is 14.6. The zero-order valence-corrected chi connectivity index (χ0v) is 16.2. The lowest BCUT2D eigenvalue weighted by Crippen LogP contribution is -2.35. The number of pyridine rings is 1. The highest BCUT2D eigenvalue weighted by molar-refractivity contribution is 5.85. The summed E-state index contributed by atoms with van der Waals surface area (Å²) >= 11 is 0. The van der Waals surface area contributed by atoms with Crippen molar-refractivity contribution in [1.82, 2.24) is 15.6 Å². The Morgan fingerprint density at radius 2 is 1.77 bits per heavy atom. The van der Waals surface area contributed by atoms with E-state index in [-0.39, 0.29) is 48.1 Å². The number of hydrogen-bond donors (Lipinski definition) is 2. The maximum atomic E-state index is 12.9. The van der Waals surface area contributed by atoms with Gasteiger partial charge in [-0.15, -0.1) is 24.8 Å². The molecular weight excluding hydrogens is 369 g/mol. The van der Waals surface area contributed by atoms with Crippen LogP contribution in [0.2, 0.25) is 0 Å². The Labute approximate surface area is 167 Å². The Kier molecular flexibility index (Phi) is 7.04. The molecule has 2 fully saturated rings. The molecule has 1 saturated carbocycles. The van der Waals surface area contributed by atoms with Gasteiger partial charge in [0.15, 0.2) is 0 Å². The van der Waals surface area contributed by atoms with Gasteiger partial charge in [0.05, 0.1) is 6.04 Å². The van der Waals surface area contributed by atoms with Gasteiger partial charge in [-0.25, -0.2) is 0 Å². The molecule has 1 aromatic heterocycles. The second-order valence-corrected chi connectivity index (χ2v) is 7.01. The van der Waals surface area contributed by atoms with Gasteiger partial charge < -0.3 is 10.6 Å². The number of nitrogens with zero attached hydrogens (tertiary/aromatic N) is 1. The Hall–Kier alpha value is -1.62. The summed E-state index contributed by atoms with van der Waals surface area (Å²) in [6.07, 6.45) is 6.88. The molecule has 26 heavy (non-hydrogen) atoms. The highest BCUT2D eigenvalue weighted by Crippen LogP contribution is 2.58. The molecule has 2 unspecified atom stereocenters. The number of piperidine rings is 1. The summed E-state index contributed by atoms with van der Waals surface area (Å²) in [5.41, 5.74) is 2.38. The molecule has 1 spiro atoms. The quantitative estimate of drug-likeness (QED) is 0.835. The van der Waals surface area contributed by atoms with Crippen molar-refractivity contribution in [3.05, 3.63) is 66.0 Å². The van der Waals surface area contributed by atoms with Crippen molar-refractivity contribution >= 4 is 30.7 Å².